The van der Waals surface area contributed by atoms with Crippen LogP contribution in [0, 0.1) is 11.3 Å². The van der Waals surface area contributed by atoms with Crippen LogP contribution in [0.5, 0.6) is 0 Å². The molecular formula is C12H11F2NO3. The van der Waals surface area contributed by atoms with E-state index in [0.717, 1.165) is 12.1 Å². The Bertz CT molecular complexity index is 495. The summed E-state index contributed by atoms with van der Waals surface area (Å²) in [6, 6.07) is 3.58. The van der Waals surface area contributed by atoms with Crippen molar-refractivity contribution in [2.45, 2.75) is 20.0 Å². The number of hydrogen-bond donors (Lipinski definition) is 1. The first-order valence-corrected chi connectivity index (χ1v) is 5.18. The van der Waals surface area contributed by atoms with E-state index >= 15 is 0 Å². The fourth-order valence-corrected chi connectivity index (χ4v) is 1.47. The van der Waals surface area contributed by atoms with Crippen molar-refractivity contribution in [1.29, 1.82) is 5.26 Å². The molecule has 0 aromatic heterocycles. The van der Waals surface area contributed by atoms with E-state index in [9.17, 15) is 13.6 Å². The van der Waals surface area contributed by atoms with Crippen molar-refractivity contribution in [3.63, 3.8) is 0 Å². The fourth-order valence-electron chi connectivity index (χ4n) is 1.47. The first-order valence-electron chi connectivity index (χ1n) is 5.18. The number of halogens is 2. The number of alkyl halides is 2. The van der Waals surface area contributed by atoms with E-state index < -0.39 is 24.6 Å². The summed E-state index contributed by atoms with van der Waals surface area (Å²) >= 11 is 0. The summed E-state index contributed by atoms with van der Waals surface area (Å²) in [5, 5.41) is 17.8. The van der Waals surface area contributed by atoms with Crippen LogP contribution in [0.1, 0.15) is 40.4 Å². The number of benzene rings is 1. The number of carbonyl (C=O) groups is 1. The molecule has 0 bridgehead atoms. The molecule has 1 rings (SSSR count). The largest absolute Gasteiger partial charge is 0.462 e. The van der Waals surface area contributed by atoms with Crippen LogP contribution in [0.3, 0.4) is 0 Å². The van der Waals surface area contributed by atoms with Gasteiger partial charge in [0.25, 0.3) is 6.43 Å². The lowest BCUT2D eigenvalue weighted by atomic mass is 9.99. The quantitative estimate of drug-likeness (QED) is 0.837. The van der Waals surface area contributed by atoms with E-state index in [4.69, 9.17) is 15.1 Å². The van der Waals surface area contributed by atoms with Gasteiger partial charge in [0, 0.05) is 5.56 Å². The number of aliphatic hydroxyl groups excluding tert-OH is 1. The van der Waals surface area contributed by atoms with Gasteiger partial charge in [0.2, 0.25) is 0 Å². The van der Waals surface area contributed by atoms with Gasteiger partial charge in [0.15, 0.2) is 0 Å². The van der Waals surface area contributed by atoms with Crippen LogP contribution in [0.25, 0.3) is 0 Å². The second-order valence-electron chi connectivity index (χ2n) is 3.39. The lowest BCUT2D eigenvalue weighted by Crippen LogP contribution is -2.10. The average molecular weight is 255 g/mol. The van der Waals surface area contributed by atoms with Crippen molar-refractivity contribution in [1.82, 2.24) is 0 Å². The van der Waals surface area contributed by atoms with Crippen LogP contribution < -0.4 is 0 Å². The van der Waals surface area contributed by atoms with E-state index in [1.165, 1.54) is 0 Å². The second kappa shape index (κ2) is 6.07. The highest BCUT2D eigenvalue weighted by Crippen LogP contribution is 2.26. The summed E-state index contributed by atoms with van der Waals surface area (Å²) in [5.41, 5.74) is -0.858. The third-order valence-electron chi connectivity index (χ3n) is 2.30. The normalized spacial score (nSPS) is 10.2. The van der Waals surface area contributed by atoms with Crippen molar-refractivity contribution in [3.8, 4) is 6.07 Å². The summed E-state index contributed by atoms with van der Waals surface area (Å²) in [4.78, 5) is 11.5. The zero-order valence-electron chi connectivity index (χ0n) is 9.61. The van der Waals surface area contributed by atoms with E-state index in [-0.39, 0.29) is 23.3 Å². The van der Waals surface area contributed by atoms with Gasteiger partial charge in [-0.15, -0.1) is 0 Å². The van der Waals surface area contributed by atoms with Crippen LogP contribution in [-0.2, 0) is 11.3 Å². The van der Waals surface area contributed by atoms with Crippen LogP contribution in [0.2, 0.25) is 0 Å². The summed E-state index contributed by atoms with van der Waals surface area (Å²) < 4.78 is 30.1. The van der Waals surface area contributed by atoms with E-state index in [1.807, 2.05) is 0 Å². The molecule has 0 aliphatic carbocycles. The second-order valence-corrected chi connectivity index (χ2v) is 3.39. The Balaban J connectivity index is 3.37. The third kappa shape index (κ3) is 2.81. The topological polar surface area (TPSA) is 70.3 Å². The van der Waals surface area contributed by atoms with Crippen molar-refractivity contribution >= 4 is 5.97 Å². The van der Waals surface area contributed by atoms with Crippen LogP contribution >= 0.6 is 0 Å². The molecule has 0 atom stereocenters. The maximum atomic E-state index is 12.7. The summed E-state index contributed by atoms with van der Waals surface area (Å²) in [7, 11) is 0. The fraction of sp³-hybridized carbons (Fsp3) is 0.333. The van der Waals surface area contributed by atoms with Gasteiger partial charge in [-0.25, -0.2) is 13.6 Å². The van der Waals surface area contributed by atoms with Gasteiger partial charge in [-0.1, -0.05) is 0 Å². The molecule has 0 radical (unpaired) electrons. The predicted molar refractivity (Wildman–Crippen MR) is 58.0 cm³/mol. The molecule has 1 aromatic carbocycles. The molecule has 0 amide bonds. The van der Waals surface area contributed by atoms with Gasteiger partial charge < -0.3 is 9.84 Å². The van der Waals surface area contributed by atoms with Gasteiger partial charge in [-0.2, -0.15) is 5.26 Å². The summed E-state index contributed by atoms with van der Waals surface area (Å²) in [5.74, 6) is -0.798. The van der Waals surface area contributed by atoms with Crippen LogP contribution in [-0.4, -0.2) is 17.7 Å². The number of aliphatic hydroxyl groups is 1. The Morgan fingerprint density at radius 2 is 2.22 bits per heavy atom. The number of esters is 1. The molecule has 96 valence electrons. The Morgan fingerprint density at radius 1 is 1.56 bits per heavy atom. The number of rotatable bonds is 4. The Kier molecular flexibility index (Phi) is 4.75. The zero-order chi connectivity index (χ0) is 13.7. The highest BCUT2D eigenvalue weighted by atomic mass is 19.3. The standard InChI is InChI=1S/C12H11F2NO3/c1-2-18-12(17)10-4-9(11(13)14)7(5-15)3-8(10)6-16/h3-4,11,16H,2,6H2,1H3. The van der Waals surface area contributed by atoms with Crippen molar-refractivity contribution in [2.75, 3.05) is 6.61 Å². The average Bonchev–Trinajstić information content (AvgIpc) is 2.37. The first-order chi connectivity index (χ1) is 8.54. The minimum Gasteiger partial charge on any atom is -0.462 e. The maximum Gasteiger partial charge on any atom is 0.338 e. The Morgan fingerprint density at radius 3 is 2.67 bits per heavy atom. The molecule has 0 unspecified atom stereocenters. The number of ether oxygens (including phenoxy) is 1. The monoisotopic (exact) mass is 255 g/mol. The third-order valence-corrected chi connectivity index (χ3v) is 2.30. The maximum absolute atomic E-state index is 12.7. The smallest absolute Gasteiger partial charge is 0.338 e. The van der Waals surface area contributed by atoms with Gasteiger partial charge in [0.1, 0.15) is 0 Å². The molecule has 4 nitrogen and oxygen atoms in total. The zero-order valence-corrected chi connectivity index (χ0v) is 9.61. The number of nitriles is 1. The minimum absolute atomic E-state index is 0.0910. The molecule has 0 saturated heterocycles. The molecular weight excluding hydrogens is 244 g/mol. The molecule has 1 N–H and O–H groups in total. The van der Waals surface area contributed by atoms with E-state index in [1.54, 1.807) is 13.0 Å². The molecule has 1 aromatic rings. The molecule has 18 heavy (non-hydrogen) atoms. The molecule has 0 aliphatic rings. The van der Waals surface area contributed by atoms with Crippen LogP contribution in [0.15, 0.2) is 12.1 Å². The van der Waals surface area contributed by atoms with Gasteiger partial charge >= 0.3 is 5.97 Å². The van der Waals surface area contributed by atoms with Gasteiger partial charge in [0.05, 0.1) is 30.4 Å². The molecule has 0 aliphatic heterocycles. The molecule has 0 fully saturated rings. The predicted octanol–water partition coefficient (Wildman–Crippen LogP) is 2.16. The Hall–Kier alpha value is -2.00. The van der Waals surface area contributed by atoms with E-state index in [0.29, 0.717) is 0 Å². The van der Waals surface area contributed by atoms with Crippen LogP contribution in [0.4, 0.5) is 8.78 Å². The Labute approximate surface area is 102 Å². The number of nitrogens with zero attached hydrogens (tertiary/aromatic N) is 1. The van der Waals surface area contributed by atoms with Crippen molar-refractivity contribution < 1.29 is 23.4 Å². The SMILES string of the molecule is CCOC(=O)c1cc(C(F)F)c(C#N)cc1CO. The lowest BCUT2D eigenvalue weighted by molar-refractivity contribution is 0.0522. The number of hydrogen-bond acceptors (Lipinski definition) is 4. The lowest BCUT2D eigenvalue weighted by Gasteiger charge is -2.10. The van der Waals surface area contributed by atoms with E-state index in [2.05, 4.69) is 0 Å². The molecule has 0 saturated carbocycles. The first kappa shape index (κ1) is 14.1. The van der Waals surface area contributed by atoms with Gasteiger partial charge in [-0.05, 0) is 24.6 Å². The van der Waals surface area contributed by atoms with Crippen molar-refractivity contribution in [2.24, 2.45) is 0 Å². The summed E-state index contributed by atoms with van der Waals surface area (Å²) in [6.07, 6.45) is -2.87. The highest BCUT2D eigenvalue weighted by Gasteiger charge is 2.20. The van der Waals surface area contributed by atoms with Crippen molar-refractivity contribution in [3.05, 3.63) is 34.4 Å². The minimum atomic E-state index is -2.87. The molecule has 0 spiro atoms. The summed E-state index contributed by atoms with van der Waals surface area (Å²) in [6.45, 7) is 1.13. The highest BCUT2D eigenvalue weighted by molar-refractivity contribution is 5.91. The molecule has 0 heterocycles. The number of carbonyl (C=O) groups excluding carboxylic acids is 1. The molecule has 6 heteroatoms. The van der Waals surface area contributed by atoms with Gasteiger partial charge in [-0.3, -0.25) is 0 Å².